The lowest BCUT2D eigenvalue weighted by Gasteiger charge is -2.11. The molecule has 33 heavy (non-hydrogen) atoms. The van der Waals surface area contributed by atoms with Gasteiger partial charge in [-0.15, -0.1) is 0 Å². The van der Waals surface area contributed by atoms with Crippen LogP contribution >= 0.6 is 0 Å². The number of ether oxygens (including phenoxy) is 1. The predicted molar refractivity (Wildman–Crippen MR) is 117 cm³/mol. The molecular formula is C22H19F2N5O3S. The fourth-order valence-electron chi connectivity index (χ4n) is 3.04. The van der Waals surface area contributed by atoms with Crippen LogP contribution in [0.4, 0.5) is 14.5 Å². The van der Waals surface area contributed by atoms with E-state index in [1.54, 1.807) is 19.3 Å². The molecule has 4 rings (SSSR count). The van der Waals surface area contributed by atoms with Crippen molar-refractivity contribution in [3.05, 3.63) is 83.7 Å². The highest BCUT2D eigenvalue weighted by molar-refractivity contribution is 7.92. The van der Waals surface area contributed by atoms with Gasteiger partial charge in [0.15, 0.2) is 0 Å². The molecule has 0 saturated carbocycles. The van der Waals surface area contributed by atoms with Crippen molar-refractivity contribution in [2.45, 2.75) is 25.7 Å². The molecule has 170 valence electrons. The van der Waals surface area contributed by atoms with E-state index in [2.05, 4.69) is 19.7 Å². The number of benzene rings is 2. The molecule has 2 heterocycles. The van der Waals surface area contributed by atoms with Crippen LogP contribution in [0.3, 0.4) is 0 Å². The van der Waals surface area contributed by atoms with Crippen LogP contribution in [-0.4, -0.2) is 27.9 Å². The number of sulfonamides is 1. The van der Waals surface area contributed by atoms with Gasteiger partial charge in [-0.2, -0.15) is 4.98 Å². The molecule has 8 nitrogen and oxygen atoms in total. The Hall–Kier alpha value is -3.86. The molecule has 2 aromatic carbocycles. The number of anilines is 1. The largest absolute Gasteiger partial charge is 0.439 e. The van der Waals surface area contributed by atoms with E-state index in [9.17, 15) is 17.2 Å². The molecule has 0 aliphatic rings. The Kier molecular flexibility index (Phi) is 5.81. The second-order valence-electron chi connectivity index (χ2n) is 7.23. The van der Waals surface area contributed by atoms with Gasteiger partial charge in [0.05, 0.1) is 10.6 Å². The Morgan fingerprint density at radius 2 is 1.61 bits per heavy atom. The number of rotatable bonds is 6. The molecule has 0 amide bonds. The number of aromatic nitrogens is 4. The summed E-state index contributed by atoms with van der Waals surface area (Å²) in [6, 6.07) is 9.73. The van der Waals surface area contributed by atoms with Gasteiger partial charge >= 0.3 is 0 Å². The zero-order valence-electron chi connectivity index (χ0n) is 17.9. The monoisotopic (exact) mass is 471 g/mol. The van der Waals surface area contributed by atoms with Crippen molar-refractivity contribution in [2.75, 3.05) is 4.72 Å². The number of hydrogen-bond acceptors (Lipinski definition) is 6. The normalized spacial score (nSPS) is 11.4. The quantitative estimate of drug-likeness (QED) is 0.446. The highest BCUT2D eigenvalue weighted by Gasteiger charge is 2.17. The first-order valence-electron chi connectivity index (χ1n) is 9.74. The van der Waals surface area contributed by atoms with Crippen LogP contribution in [0.1, 0.15) is 17.2 Å². The highest BCUT2D eigenvalue weighted by atomic mass is 32.2. The van der Waals surface area contributed by atoms with Crippen LogP contribution in [-0.2, 0) is 10.0 Å². The minimum Gasteiger partial charge on any atom is -0.439 e. The Bertz CT molecular complexity index is 1420. The van der Waals surface area contributed by atoms with Gasteiger partial charge in [-0.25, -0.2) is 27.2 Å². The molecular weight excluding hydrogens is 452 g/mol. The summed E-state index contributed by atoms with van der Waals surface area (Å²) in [5, 5.41) is 0. The van der Waals surface area contributed by atoms with Crippen LogP contribution in [0.2, 0.25) is 0 Å². The Morgan fingerprint density at radius 1 is 0.939 bits per heavy atom. The first-order valence-corrected chi connectivity index (χ1v) is 11.2. The second kappa shape index (κ2) is 8.58. The summed E-state index contributed by atoms with van der Waals surface area (Å²) in [4.78, 5) is 12.4. The first-order chi connectivity index (χ1) is 15.6. The molecule has 4 aromatic rings. The van der Waals surface area contributed by atoms with Gasteiger partial charge in [-0.3, -0.25) is 9.29 Å². The van der Waals surface area contributed by atoms with Gasteiger partial charge in [0.2, 0.25) is 5.88 Å². The van der Waals surface area contributed by atoms with Crippen LogP contribution in [0.15, 0.2) is 59.8 Å². The van der Waals surface area contributed by atoms with Gasteiger partial charge < -0.3 is 4.74 Å². The third kappa shape index (κ3) is 4.98. The molecule has 0 spiro atoms. The average molecular weight is 471 g/mol. The summed E-state index contributed by atoms with van der Waals surface area (Å²) in [5.74, 6) is -0.175. The van der Waals surface area contributed by atoms with Gasteiger partial charge in [-0.1, -0.05) is 0 Å². The lowest BCUT2D eigenvalue weighted by Crippen LogP contribution is -2.13. The molecule has 0 aliphatic heterocycles. The number of nitrogens with one attached hydrogen (secondary N) is 1. The smallest absolute Gasteiger partial charge is 0.262 e. The van der Waals surface area contributed by atoms with Crippen LogP contribution < -0.4 is 9.46 Å². The maximum absolute atomic E-state index is 13.4. The lowest BCUT2D eigenvalue weighted by molar-refractivity contribution is 0.459. The van der Waals surface area contributed by atoms with Crippen molar-refractivity contribution < 1.29 is 21.9 Å². The standard InChI is InChI=1S/C22H19F2N5O3S/c1-13-14(2)29(12-25-13)21-11-22(27-15(3)26-21)32-19-6-4-18(5-7-19)28-33(30,31)20-9-16(23)8-17(24)10-20/h4-12,28H,1-3H3. The third-order valence-corrected chi connectivity index (χ3v) is 6.14. The van der Waals surface area contributed by atoms with Crippen LogP contribution in [0.5, 0.6) is 11.6 Å². The van der Waals surface area contributed by atoms with Crippen LogP contribution in [0.25, 0.3) is 5.82 Å². The van der Waals surface area contributed by atoms with Gasteiger partial charge in [0.1, 0.15) is 35.4 Å². The third-order valence-electron chi connectivity index (χ3n) is 4.77. The molecule has 2 aromatic heterocycles. The van der Waals surface area contributed by atoms with E-state index in [-0.39, 0.29) is 5.69 Å². The van der Waals surface area contributed by atoms with E-state index >= 15 is 0 Å². The van der Waals surface area contributed by atoms with E-state index < -0.39 is 26.6 Å². The van der Waals surface area contributed by atoms with Crippen molar-refractivity contribution in [3.63, 3.8) is 0 Å². The minimum atomic E-state index is -4.17. The van der Waals surface area contributed by atoms with Crippen molar-refractivity contribution in [1.29, 1.82) is 0 Å². The van der Waals surface area contributed by atoms with Crippen molar-refractivity contribution in [2.24, 2.45) is 0 Å². The molecule has 0 atom stereocenters. The first kappa shape index (κ1) is 22.3. The summed E-state index contributed by atoms with van der Waals surface area (Å²) in [5.41, 5.74) is 2.01. The van der Waals surface area contributed by atoms with Crippen molar-refractivity contribution in [1.82, 2.24) is 19.5 Å². The number of hydrogen-bond donors (Lipinski definition) is 1. The topological polar surface area (TPSA) is 99.0 Å². The van der Waals surface area contributed by atoms with Gasteiger partial charge in [0, 0.05) is 23.5 Å². The minimum absolute atomic E-state index is 0.191. The molecule has 0 bridgehead atoms. The van der Waals surface area contributed by atoms with E-state index in [1.165, 1.54) is 24.3 Å². The molecule has 0 saturated heterocycles. The summed E-state index contributed by atoms with van der Waals surface area (Å²) >= 11 is 0. The van der Waals surface area contributed by atoms with Gasteiger partial charge in [0.25, 0.3) is 10.0 Å². The number of nitrogens with zero attached hydrogens (tertiary/aromatic N) is 4. The summed E-state index contributed by atoms with van der Waals surface area (Å²) < 4.78 is 61.5. The summed E-state index contributed by atoms with van der Waals surface area (Å²) in [6.07, 6.45) is 1.67. The SMILES string of the molecule is Cc1nc(Oc2ccc(NS(=O)(=O)c3cc(F)cc(F)c3)cc2)cc(-n2cnc(C)c2C)n1. The maximum atomic E-state index is 13.4. The second-order valence-corrected chi connectivity index (χ2v) is 8.92. The fourth-order valence-corrected chi connectivity index (χ4v) is 4.14. The zero-order valence-corrected chi connectivity index (χ0v) is 18.7. The predicted octanol–water partition coefficient (Wildman–Crippen LogP) is 4.46. The van der Waals surface area contributed by atoms with E-state index in [4.69, 9.17) is 4.74 Å². The van der Waals surface area contributed by atoms with Crippen molar-refractivity contribution >= 4 is 15.7 Å². The van der Waals surface area contributed by atoms with Crippen LogP contribution in [0, 0.1) is 32.4 Å². The molecule has 1 N–H and O–H groups in total. The Labute approximate surface area is 189 Å². The molecule has 11 heteroatoms. The Balaban J connectivity index is 1.53. The lowest BCUT2D eigenvalue weighted by atomic mass is 10.3. The van der Waals surface area contributed by atoms with E-state index in [0.717, 1.165) is 23.5 Å². The average Bonchev–Trinajstić information content (AvgIpc) is 3.07. The number of aryl methyl sites for hydroxylation is 2. The zero-order chi connectivity index (χ0) is 23.8. The maximum Gasteiger partial charge on any atom is 0.262 e. The van der Waals surface area contributed by atoms with E-state index in [1.807, 2.05) is 18.4 Å². The summed E-state index contributed by atoms with van der Waals surface area (Å²) in [7, 11) is -4.17. The van der Waals surface area contributed by atoms with E-state index in [0.29, 0.717) is 29.3 Å². The van der Waals surface area contributed by atoms with Crippen molar-refractivity contribution in [3.8, 4) is 17.4 Å². The Morgan fingerprint density at radius 3 is 2.21 bits per heavy atom. The molecule has 0 unspecified atom stereocenters. The molecule has 0 fully saturated rings. The molecule has 0 radical (unpaired) electrons. The highest BCUT2D eigenvalue weighted by Crippen LogP contribution is 2.25. The number of halogens is 2. The molecule has 0 aliphatic carbocycles. The van der Waals surface area contributed by atoms with Gasteiger partial charge in [-0.05, 0) is 57.2 Å². The fraction of sp³-hybridized carbons (Fsp3) is 0.136. The number of imidazole rings is 1. The summed E-state index contributed by atoms with van der Waals surface area (Å²) in [6.45, 7) is 5.57.